The fraction of sp³-hybridized carbons (Fsp3) is 0.524. The maximum atomic E-state index is 10.4. The van der Waals surface area contributed by atoms with E-state index in [0.29, 0.717) is 6.42 Å². The number of aromatic nitrogens is 1. The molecule has 0 radical (unpaired) electrons. The topological polar surface area (TPSA) is 344 Å². The summed E-state index contributed by atoms with van der Waals surface area (Å²) in [6, 6.07) is 5.70. The number of aryl methyl sites for hydroxylation is 1. The van der Waals surface area contributed by atoms with Crippen molar-refractivity contribution in [2.45, 2.75) is 64.0 Å². The van der Waals surface area contributed by atoms with Crippen LogP contribution in [0.5, 0.6) is 0 Å². The number of carbonyl (C=O) groups is 4. The van der Waals surface area contributed by atoms with Crippen LogP contribution in [0.3, 0.4) is 0 Å². The van der Waals surface area contributed by atoms with Gasteiger partial charge in [-0.05, 0) is 38.3 Å². The third kappa shape index (κ3) is 38.9. The molecule has 1 aromatic rings. The fourth-order valence-corrected chi connectivity index (χ4v) is 2.63. The van der Waals surface area contributed by atoms with Gasteiger partial charge in [-0.3, -0.25) is 14.6 Å². The van der Waals surface area contributed by atoms with E-state index < -0.39 is 62.3 Å². The number of hydrogen-bond acceptors (Lipinski definition) is 5. The Morgan fingerprint density at radius 3 is 1.25 bits per heavy atom. The number of halogens is 4. The largest absolute Gasteiger partial charge is 2.00 e. The quantitative estimate of drug-likeness (QED) is 0.124. The van der Waals surface area contributed by atoms with Crippen molar-refractivity contribution in [2.24, 2.45) is 5.41 Å². The number of hydrogen-bond donors (Lipinski definition) is 4. The van der Waals surface area contributed by atoms with Crippen LogP contribution in [0.2, 0.25) is 0 Å². The molecule has 2 fully saturated rings. The van der Waals surface area contributed by atoms with Gasteiger partial charge in [-0.1, -0.05) is 31.7 Å². The van der Waals surface area contributed by atoms with Gasteiger partial charge in [0, 0.05) is 11.9 Å². The average Bonchev–Trinajstić information content (AvgIpc) is 2.77. The van der Waals surface area contributed by atoms with Crippen molar-refractivity contribution in [2.75, 3.05) is 0 Å². The number of rotatable bonds is 2. The van der Waals surface area contributed by atoms with E-state index in [0.717, 1.165) is 18.5 Å². The minimum Gasteiger partial charge on any atom is -0.693 e. The third-order valence-corrected chi connectivity index (χ3v) is 4.79. The van der Waals surface area contributed by atoms with E-state index in [-0.39, 0.29) is 99.1 Å². The van der Waals surface area contributed by atoms with Gasteiger partial charge in [0.05, 0.1) is 0 Å². The Morgan fingerprint density at radius 2 is 1.16 bits per heavy atom. The molecule has 14 N–H and O–H groups in total. The van der Waals surface area contributed by atoms with Crippen molar-refractivity contribution in [1.82, 2.24) is 4.98 Å². The number of nitrogens with two attached hydrogens (primary N) is 4. The third-order valence-electron chi connectivity index (χ3n) is 4.79. The van der Waals surface area contributed by atoms with Crippen LogP contribution in [-0.4, -0.2) is 61.4 Å². The van der Waals surface area contributed by atoms with Gasteiger partial charge in [-0.15, -0.1) is 0 Å². The van der Waals surface area contributed by atoms with Gasteiger partial charge in [0.15, 0.2) is 5.41 Å². The molecule has 2 atom stereocenters. The van der Waals surface area contributed by atoms with E-state index in [9.17, 15) is 9.59 Å². The van der Waals surface area contributed by atoms with Crippen LogP contribution in [0, 0.1) is 19.8 Å². The van der Waals surface area contributed by atoms with E-state index in [1.807, 2.05) is 25.1 Å². The molecule has 0 spiro atoms. The van der Waals surface area contributed by atoms with E-state index in [2.05, 4.69) is 4.98 Å². The summed E-state index contributed by atoms with van der Waals surface area (Å²) >= 11 is -0.944. The number of aliphatic carboxylic acids is 4. The summed E-state index contributed by atoms with van der Waals surface area (Å²) in [5, 5.41) is 31.7. The Kier molecular flexibility index (Phi) is 73.8. The zero-order valence-electron chi connectivity index (χ0n) is 23.4. The number of nitrogens with zero attached hydrogens (tertiary/aromatic N) is 1. The van der Waals surface area contributed by atoms with E-state index in [1.54, 1.807) is 6.20 Å². The van der Waals surface area contributed by atoms with Crippen molar-refractivity contribution in [3.63, 3.8) is 0 Å². The van der Waals surface area contributed by atoms with E-state index in [4.69, 9.17) is 79.2 Å². The van der Waals surface area contributed by atoms with Crippen LogP contribution < -0.4 is 0 Å². The molecule has 0 bridgehead atoms. The van der Waals surface area contributed by atoms with Gasteiger partial charge in [0.1, 0.15) is 0 Å². The molecule has 1 aromatic heterocycles. The van der Waals surface area contributed by atoms with E-state index >= 15 is 0 Å². The number of pyridine rings is 1. The smallest absolute Gasteiger partial charge is 0.693 e. The van der Waals surface area contributed by atoms with Crippen molar-refractivity contribution in [3.8, 4) is 0 Å². The maximum Gasteiger partial charge on any atom is 2.00 e. The first-order valence-corrected chi connectivity index (χ1v) is 21.4. The summed E-state index contributed by atoms with van der Waals surface area (Å²) in [6.07, 6.45) is 7.29. The van der Waals surface area contributed by atoms with Crippen LogP contribution in [0.15, 0.2) is 24.4 Å². The molecule has 23 heteroatoms. The van der Waals surface area contributed by atoms with Gasteiger partial charge < -0.3 is 63.9 Å². The fourth-order valence-electron chi connectivity index (χ4n) is 2.63. The zero-order valence-corrected chi connectivity index (χ0v) is 35.5. The molecule has 3 rings (SSSR count). The molecule has 2 aliphatic rings. The summed E-state index contributed by atoms with van der Waals surface area (Å²) in [5.41, 5.74) is 14.2. The van der Waals surface area contributed by atoms with Crippen LogP contribution in [-0.2, 0) is 94.3 Å². The summed E-state index contributed by atoms with van der Waals surface area (Å²) in [6.45, 7) is 1.97. The average molecular weight is 1440 g/mol. The minimum absolute atomic E-state index is 0. The summed E-state index contributed by atoms with van der Waals surface area (Å²) in [4.78, 5) is 42.9. The number of carboxylic acids is 4. The molecule has 2 aliphatic carbocycles. The molecule has 0 amide bonds. The number of carboxylic acid groups (broad SMARTS) is 4. The standard InChI is InChI=1S/C6H12N2.C6H7N.C6H8O4.C2H2O4.CH3.4ClH.4H2N.4Pt/c7-5-3-1-2-4-6(5)8;1-6-4-2-3-5-7-6;7-4(8)6(5(9)10)2-1-3-6;3-1(4)2(5)6;;;;;;;;;;;;;/h5-8H,1-4H2;2-5H,1H3;1-3H2,(H,7,8)(H,9,10);(H,3,4)(H,5,6);1H3;4*1H;4*1H2;;;;/q-2;;;;-1;;;;;4*-1;3*+2;+4/p-4/t5-,6-;;;;;;;;;;;;;;;;/m1................/s1. The predicted octanol–water partition coefficient (Wildman–Crippen LogP) is 9.34. The molecular weight excluding hydrogens is 1400 g/mol. The SMILES string of the molecule is Cc1ccccn1.O=C(O)C(=O)O.O=C(O)C1(C(=O)O)CCC1.[CH3-].[Cl][Pt+2][Cl].[Cl][Pt][Cl].[NH-][C@@H]1CCCC[C@H]1[NH-].[NH2-].[NH2-].[NH2-].[NH2-].[Pt+2].[Pt+2]. The van der Waals surface area contributed by atoms with Gasteiger partial charge >= 0.3 is 137 Å². The molecule has 0 aromatic carbocycles. The Hall–Kier alpha value is 0.703. The number of nitrogens with one attached hydrogen (secondary N) is 2. The Morgan fingerprint density at radius 1 is 0.841 bits per heavy atom. The monoisotopic (exact) mass is 1440 g/mol. The van der Waals surface area contributed by atoms with Gasteiger partial charge in [0.2, 0.25) is 0 Å². The summed E-state index contributed by atoms with van der Waals surface area (Å²) in [5.74, 6) is -6.05. The van der Waals surface area contributed by atoms with E-state index in [1.165, 1.54) is 12.8 Å². The first-order valence-electron chi connectivity index (χ1n) is 10.1. The molecule has 0 unspecified atom stereocenters. The van der Waals surface area contributed by atoms with Crippen molar-refractivity contribution >= 4 is 61.5 Å². The molecular formula is C21H40Cl4N7O8Pt4-. The Balaban J connectivity index is -0.0000000397. The summed E-state index contributed by atoms with van der Waals surface area (Å²) < 4.78 is 0. The van der Waals surface area contributed by atoms with Crippen molar-refractivity contribution in [3.05, 3.63) is 73.6 Å². The summed E-state index contributed by atoms with van der Waals surface area (Å²) in [7, 11) is 19.5. The van der Waals surface area contributed by atoms with Crippen LogP contribution in [0.4, 0.5) is 0 Å². The molecule has 2 saturated carbocycles. The normalized spacial score (nSPS) is 15.4. The molecule has 0 saturated heterocycles. The molecule has 44 heavy (non-hydrogen) atoms. The molecule has 15 nitrogen and oxygen atoms in total. The molecule has 276 valence electrons. The Labute approximate surface area is 321 Å². The van der Waals surface area contributed by atoms with Crippen LogP contribution >= 0.6 is 37.7 Å². The Bertz CT molecular complexity index is 762. The predicted molar refractivity (Wildman–Crippen MR) is 161 cm³/mol. The minimum atomic E-state index is -1.82. The second kappa shape index (κ2) is 45.8. The first kappa shape index (κ1) is 70.9. The zero-order chi connectivity index (χ0) is 29.4. The van der Waals surface area contributed by atoms with Gasteiger partial charge in [-0.2, -0.15) is 12.1 Å². The molecule has 0 aliphatic heterocycles. The van der Waals surface area contributed by atoms with Gasteiger partial charge in [0.25, 0.3) is 0 Å². The second-order valence-electron chi connectivity index (χ2n) is 7.22. The maximum absolute atomic E-state index is 10.4. The van der Waals surface area contributed by atoms with Crippen LogP contribution in [0.25, 0.3) is 36.1 Å². The van der Waals surface area contributed by atoms with Crippen LogP contribution in [0.1, 0.15) is 50.6 Å². The first-order chi connectivity index (χ1) is 17.3. The van der Waals surface area contributed by atoms with Gasteiger partial charge in [-0.25, -0.2) is 9.59 Å². The second-order valence-corrected chi connectivity index (χ2v) is 13.8. The molecule has 1 heterocycles. The van der Waals surface area contributed by atoms with Crippen molar-refractivity contribution < 1.29 is 115 Å². The van der Waals surface area contributed by atoms with Crippen molar-refractivity contribution in [1.29, 1.82) is 0 Å².